The standard InChI is InChI=1S/C13H19FN2O2S/c1-13(18,7-8-19-2)9-15-12(17)16-11-6-4-3-5-10(11)14/h3-6,18H,7-9H2,1-2H3,(H2,15,16,17). The van der Waals surface area contributed by atoms with Crippen molar-refractivity contribution < 1.29 is 14.3 Å². The largest absolute Gasteiger partial charge is 0.388 e. The molecule has 4 nitrogen and oxygen atoms in total. The number of nitrogens with one attached hydrogen (secondary N) is 2. The van der Waals surface area contributed by atoms with Gasteiger partial charge in [0.1, 0.15) is 5.82 Å². The maximum absolute atomic E-state index is 13.3. The summed E-state index contributed by atoms with van der Waals surface area (Å²) in [5.41, 5.74) is -0.848. The van der Waals surface area contributed by atoms with Gasteiger partial charge < -0.3 is 15.7 Å². The zero-order valence-electron chi connectivity index (χ0n) is 11.1. The highest BCUT2D eigenvalue weighted by Crippen LogP contribution is 2.13. The van der Waals surface area contributed by atoms with E-state index >= 15 is 0 Å². The Hall–Kier alpha value is -1.27. The lowest BCUT2D eigenvalue weighted by molar-refractivity contribution is 0.0599. The molecule has 0 spiro atoms. The predicted molar refractivity (Wildman–Crippen MR) is 77.0 cm³/mol. The van der Waals surface area contributed by atoms with Crippen molar-refractivity contribution >= 4 is 23.5 Å². The van der Waals surface area contributed by atoms with Gasteiger partial charge in [-0.15, -0.1) is 0 Å². The van der Waals surface area contributed by atoms with Crippen molar-refractivity contribution in [3.05, 3.63) is 30.1 Å². The van der Waals surface area contributed by atoms with Crippen molar-refractivity contribution in [1.82, 2.24) is 5.32 Å². The van der Waals surface area contributed by atoms with Crippen molar-refractivity contribution in [3.63, 3.8) is 0 Å². The van der Waals surface area contributed by atoms with Gasteiger partial charge in [-0.25, -0.2) is 9.18 Å². The molecule has 19 heavy (non-hydrogen) atoms. The third kappa shape index (κ3) is 5.94. The molecule has 0 saturated heterocycles. The number of halogens is 1. The number of hydrogen-bond donors (Lipinski definition) is 3. The number of benzene rings is 1. The van der Waals surface area contributed by atoms with Crippen LogP contribution in [0.5, 0.6) is 0 Å². The first kappa shape index (κ1) is 15.8. The minimum atomic E-state index is -0.963. The van der Waals surface area contributed by atoms with Crippen molar-refractivity contribution in [2.24, 2.45) is 0 Å². The first-order valence-corrected chi connectivity index (χ1v) is 7.35. The molecule has 1 aromatic rings. The second-order valence-electron chi connectivity index (χ2n) is 4.53. The van der Waals surface area contributed by atoms with Gasteiger partial charge in [-0.2, -0.15) is 11.8 Å². The molecule has 1 unspecified atom stereocenters. The summed E-state index contributed by atoms with van der Waals surface area (Å²) in [6.45, 7) is 1.78. The van der Waals surface area contributed by atoms with Gasteiger partial charge in [0.2, 0.25) is 0 Å². The van der Waals surface area contributed by atoms with Crippen molar-refractivity contribution in [3.8, 4) is 0 Å². The lowest BCUT2D eigenvalue weighted by Gasteiger charge is -2.23. The molecule has 1 aromatic carbocycles. The average molecular weight is 286 g/mol. The van der Waals surface area contributed by atoms with Crippen molar-refractivity contribution in [1.29, 1.82) is 0 Å². The van der Waals surface area contributed by atoms with Crippen LogP contribution in [0.25, 0.3) is 0 Å². The summed E-state index contributed by atoms with van der Waals surface area (Å²) in [4.78, 5) is 11.6. The number of carbonyl (C=O) groups excluding carboxylic acids is 1. The van der Waals surface area contributed by atoms with E-state index < -0.39 is 17.4 Å². The highest BCUT2D eigenvalue weighted by atomic mass is 32.2. The van der Waals surface area contributed by atoms with Crippen LogP contribution in [-0.2, 0) is 0 Å². The van der Waals surface area contributed by atoms with E-state index in [4.69, 9.17) is 0 Å². The molecule has 0 aromatic heterocycles. The zero-order valence-corrected chi connectivity index (χ0v) is 11.9. The minimum Gasteiger partial charge on any atom is -0.388 e. The van der Waals surface area contributed by atoms with E-state index in [1.807, 2.05) is 6.26 Å². The topological polar surface area (TPSA) is 61.4 Å². The van der Waals surface area contributed by atoms with E-state index in [0.29, 0.717) is 6.42 Å². The first-order chi connectivity index (χ1) is 8.94. The molecule has 0 bridgehead atoms. The van der Waals surface area contributed by atoms with Crippen LogP contribution < -0.4 is 10.6 Å². The summed E-state index contributed by atoms with van der Waals surface area (Å²) < 4.78 is 13.3. The van der Waals surface area contributed by atoms with Crippen LogP contribution in [0.4, 0.5) is 14.9 Å². The number of amides is 2. The van der Waals surface area contributed by atoms with Gasteiger partial charge in [0.05, 0.1) is 11.3 Å². The van der Waals surface area contributed by atoms with E-state index in [1.54, 1.807) is 30.8 Å². The van der Waals surface area contributed by atoms with Gasteiger partial charge in [-0.1, -0.05) is 12.1 Å². The van der Waals surface area contributed by atoms with Crippen LogP contribution in [0.3, 0.4) is 0 Å². The number of aliphatic hydroxyl groups is 1. The molecule has 3 N–H and O–H groups in total. The number of hydrogen-bond acceptors (Lipinski definition) is 3. The third-order valence-corrected chi connectivity index (χ3v) is 3.21. The lowest BCUT2D eigenvalue weighted by atomic mass is 10.0. The Kier molecular flexibility index (Phi) is 6.11. The Balaban J connectivity index is 2.42. The normalized spacial score (nSPS) is 13.7. The SMILES string of the molecule is CSCCC(C)(O)CNC(=O)Nc1ccccc1F. The molecule has 0 aliphatic carbocycles. The molecule has 0 heterocycles. The van der Waals surface area contributed by atoms with Crippen LogP contribution in [0, 0.1) is 5.82 Å². The van der Waals surface area contributed by atoms with E-state index in [-0.39, 0.29) is 12.2 Å². The third-order valence-electron chi connectivity index (χ3n) is 2.60. The summed E-state index contributed by atoms with van der Waals surface area (Å²) in [7, 11) is 0. The highest BCUT2D eigenvalue weighted by molar-refractivity contribution is 7.98. The van der Waals surface area contributed by atoms with Gasteiger partial charge in [-0.05, 0) is 37.5 Å². The molecule has 106 valence electrons. The number of urea groups is 1. The molecule has 1 atom stereocenters. The smallest absolute Gasteiger partial charge is 0.319 e. The Morgan fingerprint density at radius 3 is 2.79 bits per heavy atom. The predicted octanol–water partition coefficient (Wildman–Crippen LogP) is 2.45. The fourth-order valence-electron chi connectivity index (χ4n) is 1.41. The number of carbonyl (C=O) groups is 1. The molecule has 6 heteroatoms. The van der Waals surface area contributed by atoms with Crippen LogP contribution in [0.15, 0.2) is 24.3 Å². The number of rotatable bonds is 6. The van der Waals surface area contributed by atoms with Crippen LogP contribution >= 0.6 is 11.8 Å². The van der Waals surface area contributed by atoms with Crippen molar-refractivity contribution in [2.45, 2.75) is 18.9 Å². The van der Waals surface area contributed by atoms with E-state index in [1.165, 1.54) is 12.1 Å². The number of para-hydroxylation sites is 1. The van der Waals surface area contributed by atoms with Gasteiger partial charge in [0, 0.05) is 6.54 Å². The van der Waals surface area contributed by atoms with Gasteiger partial charge in [0.25, 0.3) is 0 Å². The van der Waals surface area contributed by atoms with Crippen molar-refractivity contribution in [2.75, 3.05) is 23.9 Å². The molecule has 1 rings (SSSR count). The monoisotopic (exact) mass is 286 g/mol. The molecule has 0 fully saturated rings. The Morgan fingerprint density at radius 2 is 2.16 bits per heavy atom. The zero-order chi connectivity index (χ0) is 14.3. The molecule has 2 amide bonds. The average Bonchev–Trinajstić information content (AvgIpc) is 2.37. The Bertz CT molecular complexity index is 427. The summed E-state index contributed by atoms with van der Waals surface area (Å²) in [6.07, 6.45) is 2.53. The maximum atomic E-state index is 13.3. The van der Waals surface area contributed by atoms with Gasteiger partial charge >= 0.3 is 6.03 Å². The van der Waals surface area contributed by atoms with E-state index in [9.17, 15) is 14.3 Å². The lowest BCUT2D eigenvalue weighted by Crippen LogP contribution is -2.42. The molecule has 0 aliphatic heterocycles. The van der Waals surface area contributed by atoms with Crippen LogP contribution in [0.2, 0.25) is 0 Å². The molecular formula is C13H19FN2O2S. The van der Waals surface area contributed by atoms with E-state index in [2.05, 4.69) is 10.6 Å². The van der Waals surface area contributed by atoms with Gasteiger partial charge in [0.15, 0.2) is 0 Å². The van der Waals surface area contributed by atoms with E-state index in [0.717, 1.165) is 5.75 Å². The minimum absolute atomic E-state index is 0.115. The van der Waals surface area contributed by atoms with Crippen LogP contribution in [-0.4, -0.2) is 35.3 Å². The maximum Gasteiger partial charge on any atom is 0.319 e. The fraction of sp³-hybridized carbons (Fsp3) is 0.462. The molecule has 0 aliphatic rings. The second-order valence-corrected chi connectivity index (χ2v) is 5.51. The molecular weight excluding hydrogens is 267 g/mol. The molecule has 0 saturated carbocycles. The summed E-state index contributed by atoms with van der Waals surface area (Å²) in [5, 5.41) is 14.9. The quantitative estimate of drug-likeness (QED) is 0.753. The summed E-state index contributed by atoms with van der Waals surface area (Å²) >= 11 is 1.63. The Labute approximate surface area is 116 Å². The number of anilines is 1. The van der Waals surface area contributed by atoms with Crippen LogP contribution in [0.1, 0.15) is 13.3 Å². The second kappa shape index (κ2) is 7.35. The first-order valence-electron chi connectivity index (χ1n) is 5.95. The molecule has 0 radical (unpaired) electrons. The summed E-state index contributed by atoms with van der Waals surface area (Å²) in [6, 6.07) is 5.39. The summed E-state index contributed by atoms with van der Waals surface area (Å²) in [5.74, 6) is 0.315. The number of thioether (sulfide) groups is 1. The highest BCUT2D eigenvalue weighted by Gasteiger charge is 2.20. The Morgan fingerprint density at radius 1 is 1.47 bits per heavy atom. The fourth-order valence-corrected chi connectivity index (χ4v) is 2.05. The van der Waals surface area contributed by atoms with Gasteiger partial charge in [-0.3, -0.25) is 0 Å².